The van der Waals surface area contributed by atoms with Crippen LogP contribution in [0.2, 0.25) is 0 Å². The van der Waals surface area contributed by atoms with Gasteiger partial charge < -0.3 is 15.8 Å². The molecule has 0 atom stereocenters. The number of rotatable bonds is 1. The van der Waals surface area contributed by atoms with Crippen LogP contribution < -0.4 is 11.1 Å². The molecule has 0 fully saturated rings. The fourth-order valence-corrected chi connectivity index (χ4v) is 1.30. The van der Waals surface area contributed by atoms with E-state index < -0.39 is 23.4 Å². The molecule has 22 heavy (non-hydrogen) atoms. The van der Waals surface area contributed by atoms with E-state index in [1.54, 1.807) is 20.8 Å². The van der Waals surface area contributed by atoms with Gasteiger partial charge in [0.05, 0.1) is 17.7 Å². The summed E-state index contributed by atoms with van der Waals surface area (Å²) in [5.74, 6) is 4.81. The third kappa shape index (κ3) is 5.91. The van der Waals surface area contributed by atoms with Gasteiger partial charge in [0, 0.05) is 6.20 Å². The van der Waals surface area contributed by atoms with Gasteiger partial charge >= 0.3 is 12.3 Å². The highest BCUT2D eigenvalue weighted by Gasteiger charge is 2.31. The van der Waals surface area contributed by atoms with Crippen LogP contribution in [0.1, 0.15) is 31.9 Å². The number of nitrogens with two attached hydrogens (primary N) is 1. The highest BCUT2D eigenvalue weighted by Crippen LogP contribution is 2.29. The lowest BCUT2D eigenvalue weighted by molar-refractivity contribution is -0.137. The highest BCUT2D eigenvalue weighted by molar-refractivity contribution is 5.68. The first-order valence-electron chi connectivity index (χ1n) is 6.27. The number of hydrogen-bond acceptors (Lipinski definition) is 4. The lowest BCUT2D eigenvalue weighted by Crippen LogP contribution is -2.32. The predicted octanol–water partition coefficient (Wildman–Crippen LogP) is 2.56. The lowest BCUT2D eigenvalue weighted by atomic mass is 10.2. The van der Waals surface area contributed by atoms with Crippen molar-refractivity contribution in [2.45, 2.75) is 32.5 Å². The van der Waals surface area contributed by atoms with Gasteiger partial charge in [-0.1, -0.05) is 11.8 Å². The second kappa shape index (κ2) is 6.56. The minimum absolute atomic E-state index is 0.0548. The molecule has 0 bridgehead atoms. The van der Waals surface area contributed by atoms with E-state index in [1.807, 2.05) is 0 Å². The van der Waals surface area contributed by atoms with E-state index in [2.05, 4.69) is 22.1 Å². The first kappa shape index (κ1) is 17.6. The first-order chi connectivity index (χ1) is 9.99. The Bertz CT molecular complexity index is 610. The number of alkyl halides is 3. The van der Waals surface area contributed by atoms with Gasteiger partial charge in [-0.15, -0.1) is 0 Å². The summed E-state index contributed by atoms with van der Waals surface area (Å²) in [6, 6.07) is 0.808. The van der Waals surface area contributed by atoms with Crippen molar-refractivity contribution in [1.29, 1.82) is 0 Å². The minimum atomic E-state index is -4.52. The van der Waals surface area contributed by atoms with Gasteiger partial charge in [-0.05, 0) is 26.8 Å². The number of carbonyl (C=O) groups is 1. The Morgan fingerprint density at radius 1 is 1.41 bits per heavy atom. The summed E-state index contributed by atoms with van der Waals surface area (Å²) < 4.78 is 42.6. The summed E-state index contributed by atoms with van der Waals surface area (Å²) in [7, 11) is 0. The lowest BCUT2D eigenvalue weighted by Gasteiger charge is -2.19. The number of carbonyl (C=O) groups excluding carboxylic acids is 1. The molecule has 8 heteroatoms. The SMILES string of the molecule is CC(C)(C)OC(=O)NCC#Cc1cc(C(F)(F)F)cnc1N. The Hall–Kier alpha value is -2.43. The molecule has 3 N–H and O–H groups in total. The van der Waals surface area contributed by atoms with Crippen molar-refractivity contribution in [3.8, 4) is 11.8 Å². The van der Waals surface area contributed by atoms with Crippen molar-refractivity contribution < 1.29 is 22.7 Å². The van der Waals surface area contributed by atoms with Crippen LogP contribution >= 0.6 is 0 Å². The number of nitrogens with zero attached hydrogens (tertiary/aromatic N) is 1. The van der Waals surface area contributed by atoms with E-state index in [1.165, 1.54) is 0 Å². The summed E-state index contributed by atoms with van der Waals surface area (Å²) >= 11 is 0. The molecule has 1 heterocycles. The van der Waals surface area contributed by atoms with Crippen molar-refractivity contribution in [2.24, 2.45) is 0 Å². The van der Waals surface area contributed by atoms with Crippen LogP contribution in [0.3, 0.4) is 0 Å². The smallest absolute Gasteiger partial charge is 0.417 e. The topological polar surface area (TPSA) is 77.2 Å². The average Bonchev–Trinajstić information content (AvgIpc) is 2.33. The van der Waals surface area contributed by atoms with E-state index in [9.17, 15) is 18.0 Å². The van der Waals surface area contributed by atoms with Gasteiger partial charge in [-0.25, -0.2) is 9.78 Å². The molecular weight excluding hydrogens is 299 g/mol. The van der Waals surface area contributed by atoms with Crippen LogP contribution in [0.15, 0.2) is 12.3 Å². The number of nitrogen functional groups attached to an aromatic ring is 1. The second-order valence-electron chi connectivity index (χ2n) is 5.31. The second-order valence-corrected chi connectivity index (χ2v) is 5.31. The van der Waals surface area contributed by atoms with E-state index in [4.69, 9.17) is 10.5 Å². The number of anilines is 1. The van der Waals surface area contributed by atoms with E-state index in [0.717, 1.165) is 6.07 Å². The van der Waals surface area contributed by atoms with Crippen LogP contribution in [0.25, 0.3) is 0 Å². The van der Waals surface area contributed by atoms with E-state index >= 15 is 0 Å². The quantitative estimate of drug-likeness (QED) is 0.781. The van der Waals surface area contributed by atoms with Crippen molar-refractivity contribution in [1.82, 2.24) is 10.3 Å². The van der Waals surface area contributed by atoms with Crippen molar-refractivity contribution in [3.05, 3.63) is 23.4 Å². The van der Waals surface area contributed by atoms with Gasteiger partial charge in [0.2, 0.25) is 0 Å². The molecule has 5 nitrogen and oxygen atoms in total. The molecule has 120 valence electrons. The Balaban J connectivity index is 2.71. The maximum Gasteiger partial charge on any atom is 0.417 e. The first-order valence-corrected chi connectivity index (χ1v) is 6.27. The summed E-state index contributed by atoms with van der Waals surface area (Å²) in [6.07, 6.45) is -4.55. The van der Waals surface area contributed by atoms with Gasteiger partial charge in [0.25, 0.3) is 0 Å². The van der Waals surface area contributed by atoms with E-state index in [-0.39, 0.29) is 17.9 Å². The molecule has 0 radical (unpaired) electrons. The largest absolute Gasteiger partial charge is 0.444 e. The Morgan fingerprint density at radius 3 is 2.59 bits per heavy atom. The molecule has 1 aromatic heterocycles. The molecule has 0 aliphatic carbocycles. The zero-order valence-electron chi connectivity index (χ0n) is 12.3. The maximum atomic E-state index is 12.5. The third-order valence-corrected chi connectivity index (χ3v) is 2.19. The number of ether oxygens (including phenoxy) is 1. The number of amides is 1. The Morgan fingerprint density at radius 2 is 2.05 bits per heavy atom. The van der Waals surface area contributed by atoms with Crippen LogP contribution in [0, 0.1) is 11.8 Å². The fraction of sp³-hybridized carbons (Fsp3) is 0.429. The standard InChI is InChI=1S/C14H16F3N3O2/c1-13(2,3)22-12(21)19-6-4-5-9-7-10(14(15,16)17)8-20-11(9)18/h7-8H,6H2,1-3H3,(H2,18,20)(H,19,21). The van der Waals surface area contributed by atoms with Crippen molar-refractivity contribution in [2.75, 3.05) is 12.3 Å². The summed E-state index contributed by atoms with van der Waals surface area (Å²) in [4.78, 5) is 14.8. The minimum Gasteiger partial charge on any atom is -0.444 e. The molecule has 0 unspecified atom stereocenters. The van der Waals surface area contributed by atoms with E-state index in [0.29, 0.717) is 6.20 Å². The number of halogens is 3. The number of pyridine rings is 1. The van der Waals surface area contributed by atoms with Crippen LogP contribution in [0.4, 0.5) is 23.8 Å². The summed E-state index contributed by atoms with van der Waals surface area (Å²) in [5.41, 5.74) is 3.83. The zero-order chi connectivity index (χ0) is 17.0. The van der Waals surface area contributed by atoms with Crippen LogP contribution in [-0.2, 0) is 10.9 Å². The Labute approximate surface area is 126 Å². The third-order valence-electron chi connectivity index (χ3n) is 2.19. The molecule has 0 spiro atoms. The average molecular weight is 315 g/mol. The van der Waals surface area contributed by atoms with Gasteiger partial charge in [0.15, 0.2) is 0 Å². The number of aromatic nitrogens is 1. The normalized spacial score (nSPS) is 11.4. The van der Waals surface area contributed by atoms with Crippen LogP contribution in [0.5, 0.6) is 0 Å². The van der Waals surface area contributed by atoms with Gasteiger partial charge in [-0.2, -0.15) is 13.2 Å². The van der Waals surface area contributed by atoms with Crippen molar-refractivity contribution >= 4 is 11.9 Å². The summed E-state index contributed by atoms with van der Waals surface area (Å²) in [6.45, 7) is 5.01. The van der Waals surface area contributed by atoms with Gasteiger partial charge in [-0.3, -0.25) is 0 Å². The number of nitrogens with one attached hydrogen (secondary N) is 1. The van der Waals surface area contributed by atoms with Crippen LogP contribution in [-0.4, -0.2) is 23.2 Å². The molecule has 0 aliphatic heterocycles. The Kier molecular flexibility index (Phi) is 5.25. The van der Waals surface area contributed by atoms with Gasteiger partial charge in [0.1, 0.15) is 11.4 Å². The highest BCUT2D eigenvalue weighted by atomic mass is 19.4. The molecule has 0 saturated carbocycles. The monoisotopic (exact) mass is 315 g/mol. The summed E-state index contributed by atoms with van der Waals surface area (Å²) in [5, 5.41) is 2.36. The zero-order valence-corrected chi connectivity index (χ0v) is 12.3. The molecule has 0 aliphatic rings. The maximum absolute atomic E-state index is 12.5. The molecule has 1 amide bonds. The fourth-order valence-electron chi connectivity index (χ4n) is 1.30. The predicted molar refractivity (Wildman–Crippen MR) is 74.8 cm³/mol. The molecule has 0 aromatic carbocycles. The molecule has 1 aromatic rings. The molecule has 1 rings (SSSR count). The number of alkyl carbamates (subject to hydrolysis) is 1. The molecular formula is C14H16F3N3O2. The number of hydrogen-bond donors (Lipinski definition) is 2. The van der Waals surface area contributed by atoms with Crippen molar-refractivity contribution in [3.63, 3.8) is 0 Å². The molecule has 0 saturated heterocycles.